The molecule has 6 aromatic rings. The molecule has 220 valence electrons. The maximum Gasteiger partial charge on any atom is 0.181 e. The molecule has 0 aromatic heterocycles. The van der Waals surface area contributed by atoms with E-state index >= 15 is 0 Å². The molecule has 45 heavy (non-hydrogen) atoms. The molecule has 0 atom stereocenters. The van der Waals surface area contributed by atoms with Gasteiger partial charge in [0.25, 0.3) is 0 Å². The summed E-state index contributed by atoms with van der Waals surface area (Å²) in [6.45, 7) is 14.0. The van der Waals surface area contributed by atoms with Crippen molar-refractivity contribution in [2.24, 2.45) is 0 Å². The smallest absolute Gasteiger partial charge is 0.0619 e. The van der Waals surface area contributed by atoms with Crippen LogP contribution in [0.25, 0.3) is 22.3 Å². The average Bonchev–Trinajstić information content (AvgIpc) is 3.58. The minimum atomic E-state index is -2.92. The van der Waals surface area contributed by atoms with Crippen molar-refractivity contribution in [1.29, 1.82) is 0 Å². The van der Waals surface area contributed by atoms with E-state index in [1.807, 2.05) is 0 Å². The molecule has 8 rings (SSSR count). The van der Waals surface area contributed by atoms with E-state index in [9.17, 15) is 0 Å². The van der Waals surface area contributed by atoms with E-state index in [1.54, 1.807) is 20.7 Å². The second-order valence-electron chi connectivity index (χ2n) is 13.6. The Kier molecular flexibility index (Phi) is 6.41. The van der Waals surface area contributed by atoms with Gasteiger partial charge >= 0.3 is 0 Å². The minimum Gasteiger partial charge on any atom is -0.0619 e. The van der Waals surface area contributed by atoms with E-state index in [0.717, 1.165) is 12.8 Å². The Bertz CT molecular complexity index is 1980. The van der Waals surface area contributed by atoms with Gasteiger partial charge in [-0.3, -0.25) is 0 Å². The highest BCUT2D eigenvalue weighted by molar-refractivity contribution is 7.21. The fraction of sp³-hybridized carbons (Fsp3) is 0.182. The molecular formula is C44H40Si. The molecular weight excluding hydrogens is 557 g/mol. The fourth-order valence-electron chi connectivity index (χ4n) is 9.37. The maximum atomic E-state index is 2.52. The van der Waals surface area contributed by atoms with Gasteiger partial charge in [0.2, 0.25) is 0 Å². The lowest BCUT2D eigenvalue weighted by Gasteiger charge is -2.41. The highest BCUT2D eigenvalue weighted by atomic mass is 28.3. The van der Waals surface area contributed by atoms with Crippen molar-refractivity contribution in [3.63, 3.8) is 0 Å². The maximum absolute atomic E-state index is 2.92. The van der Waals surface area contributed by atoms with Crippen molar-refractivity contribution < 1.29 is 0 Å². The Morgan fingerprint density at radius 1 is 0.400 bits per heavy atom. The molecule has 0 saturated carbocycles. The monoisotopic (exact) mass is 596 g/mol. The number of benzene rings is 6. The van der Waals surface area contributed by atoms with E-state index in [4.69, 9.17) is 0 Å². The molecule has 0 N–H and O–H groups in total. The number of fused-ring (bicyclic) bond motifs is 6. The first-order chi connectivity index (χ1) is 21.8. The van der Waals surface area contributed by atoms with E-state index < -0.39 is 8.07 Å². The third kappa shape index (κ3) is 4.03. The molecule has 0 saturated heterocycles. The van der Waals surface area contributed by atoms with Gasteiger partial charge < -0.3 is 0 Å². The quantitative estimate of drug-likeness (QED) is 0.142. The first kappa shape index (κ1) is 28.0. The lowest BCUT2D eigenvalue weighted by Crippen LogP contribution is -2.78. The predicted molar refractivity (Wildman–Crippen MR) is 195 cm³/mol. The largest absolute Gasteiger partial charge is 0.181 e. The van der Waals surface area contributed by atoms with Gasteiger partial charge in [0.05, 0.1) is 0 Å². The molecule has 0 nitrogen and oxygen atoms in total. The van der Waals surface area contributed by atoms with Crippen LogP contribution in [0.3, 0.4) is 0 Å². The summed E-state index contributed by atoms with van der Waals surface area (Å²) in [4.78, 5) is 0. The van der Waals surface area contributed by atoms with Crippen LogP contribution in [0.2, 0.25) is 0 Å². The van der Waals surface area contributed by atoms with Crippen LogP contribution in [0.5, 0.6) is 0 Å². The van der Waals surface area contributed by atoms with E-state index in [0.29, 0.717) is 0 Å². The van der Waals surface area contributed by atoms with Gasteiger partial charge in [0.15, 0.2) is 8.07 Å². The Morgan fingerprint density at radius 2 is 0.756 bits per heavy atom. The summed E-state index contributed by atoms with van der Waals surface area (Å²) >= 11 is 0. The van der Waals surface area contributed by atoms with Crippen molar-refractivity contribution in [3.05, 3.63) is 165 Å². The average molecular weight is 597 g/mol. The zero-order chi connectivity index (χ0) is 31.0. The minimum absolute atomic E-state index is 0.986. The normalized spacial score (nSPS) is 12.9. The number of rotatable bonds is 4. The zero-order valence-electron chi connectivity index (χ0n) is 27.3. The van der Waals surface area contributed by atoms with Crippen molar-refractivity contribution in [2.45, 2.75) is 54.4 Å². The number of aryl methyl sites for hydroxylation is 6. The van der Waals surface area contributed by atoms with E-state index in [-0.39, 0.29) is 0 Å². The van der Waals surface area contributed by atoms with Gasteiger partial charge in [0, 0.05) is 0 Å². The number of hydrogen-bond donors (Lipinski definition) is 0. The highest BCUT2D eigenvalue weighted by Gasteiger charge is 2.49. The van der Waals surface area contributed by atoms with Crippen molar-refractivity contribution in [2.75, 3.05) is 0 Å². The van der Waals surface area contributed by atoms with Crippen molar-refractivity contribution in [1.82, 2.24) is 0 Å². The first-order valence-corrected chi connectivity index (χ1v) is 18.4. The number of hydrogen-bond acceptors (Lipinski definition) is 0. The second kappa shape index (κ2) is 10.3. The van der Waals surface area contributed by atoms with Crippen LogP contribution < -0.4 is 20.7 Å². The van der Waals surface area contributed by atoms with Crippen LogP contribution in [0.15, 0.2) is 109 Å². The second-order valence-corrected chi connectivity index (χ2v) is 17.2. The molecule has 6 aromatic carbocycles. The molecule has 0 heterocycles. The summed E-state index contributed by atoms with van der Waals surface area (Å²) in [6.07, 6.45) is 1.97. The van der Waals surface area contributed by atoms with Gasteiger partial charge in [-0.1, -0.05) is 143 Å². The van der Waals surface area contributed by atoms with Gasteiger partial charge in [-0.2, -0.15) is 0 Å². The molecule has 0 spiro atoms. The lowest BCUT2D eigenvalue weighted by atomic mass is 10.1. The molecule has 0 unspecified atom stereocenters. The van der Waals surface area contributed by atoms with Gasteiger partial charge in [-0.25, -0.2) is 0 Å². The standard InChI is InChI=1S/C44H40Si/c1-27-21-29(3)43(30(4)22-27)45(44-31(5)23-28(2)24-32(44)6,41-19-11-17-37-35-15-9-7-13-33(35)25-39(37)41)42-20-12-18-38-36-16-10-8-14-34(36)26-40(38)42/h7-24H,25-26H2,1-6H3. The van der Waals surface area contributed by atoms with Crippen molar-refractivity contribution in [3.8, 4) is 22.3 Å². The summed E-state index contributed by atoms with van der Waals surface area (Å²) < 4.78 is 0. The third-order valence-corrected chi connectivity index (χ3v) is 16.2. The molecule has 0 aliphatic heterocycles. The summed E-state index contributed by atoms with van der Waals surface area (Å²) in [7, 11) is -2.92. The Hall–Kier alpha value is -4.46. The summed E-state index contributed by atoms with van der Waals surface area (Å²) in [5.41, 5.74) is 19.9. The Morgan fingerprint density at radius 3 is 1.16 bits per heavy atom. The van der Waals surface area contributed by atoms with Crippen LogP contribution in [-0.4, -0.2) is 8.07 Å². The Labute approximate surface area is 269 Å². The van der Waals surface area contributed by atoms with Crippen molar-refractivity contribution >= 4 is 28.8 Å². The molecule has 1 heteroatoms. The zero-order valence-corrected chi connectivity index (χ0v) is 28.3. The van der Waals surface area contributed by atoms with E-state index in [1.165, 1.54) is 77.9 Å². The molecule has 0 bridgehead atoms. The highest BCUT2D eigenvalue weighted by Crippen LogP contribution is 2.39. The van der Waals surface area contributed by atoms with Crippen LogP contribution in [0, 0.1) is 41.5 Å². The van der Waals surface area contributed by atoms with E-state index in [2.05, 4.69) is 151 Å². The van der Waals surface area contributed by atoms with Crippen LogP contribution in [-0.2, 0) is 12.8 Å². The lowest BCUT2D eigenvalue weighted by molar-refractivity contribution is 1.26. The molecule has 0 radical (unpaired) electrons. The van der Waals surface area contributed by atoms with Gasteiger partial charge in [0.1, 0.15) is 0 Å². The molecule has 2 aliphatic carbocycles. The predicted octanol–water partition coefficient (Wildman–Crippen LogP) is 8.06. The van der Waals surface area contributed by atoms with Gasteiger partial charge in [-0.05, 0) is 120 Å². The van der Waals surface area contributed by atoms with Crippen LogP contribution in [0.4, 0.5) is 0 Å². The topological polar surface area (TPSA) is 0 Å². The van der Waals surface area contributed by atoms with Crippen LogP contribution >= 0.6 is 0 Å². The third-order valence-electron chi connectivity index (χ3n) is 10.6. The SMILES string of the molecule is Cc1cc(C)c([Si](c2cccc3c2Cc2ccccc2-3)(c2cccc3c2Cc2ccccc2-3)c2c(C)cc(C)cc2C)c(C)c1. The fourth-order valence-corrected chi connectivity index (χ4v) is 15.7. The Balaban J connectivity index is 1.60. The van der Waals surface area contributed by atoms with Crippen LogP contribution in [0.1, 0.15) is 55.6 Å². The first-order valence-electron chi connectivity index (χ1n) is 16.4. The molecule has 0 amide bonds. The molecule has 2 aliphatic rings. The molecule has 0 fully saturated rings. The summed E-state index contributed by atoms with van der Waals surface area (Å²) in [5, 5.41) is 6.25. The summed E-state index contributed by atoms with van der Waals surface area (Å²) in [6, 6.07) is 42.4. The summed E-state index contributed by atoms with van der Waals surface area (Å²) in [5.74, 6) is 0. The van der Waals surface area contributed by atoms with Gasteiger partial charge in [-0.15, -0.1) is 0 Å².